The lowest BCUT2D eigenvalue weighted by Gasteiger charge is -2.05. The Kier molecular flexibility index (Phi) is 5.57. The lowest BCUT2D eigenvalue weighted by Crippen LogP contribution is -2.23. The van der Waals surface area contributed by atoms with Crippen LogP contribution in [0.4, 0.5) is 0 Å². The van der Waals surface area contributed by atoms with Crippen LogP contribution in [0.5, 0.6) is 0 Å². The number of hydrogen-bond acceptors (Lipinski definition) is 2. The lowest BCUT2D eigenvalue weighted by atomic mass is 10.3. The fourth-order valence-corrected chi connectivity index (χ4v) is 0.805. The van der Waals surface area contributed by atoms with Crippen LogP contribution in [0, 0.1) is 0 Å². The van der Waals surface area contributed by atoms with E-state index in [1.165, 1.54) is 5.70 Å². The van der Waals surface area contributed by atoms with E-state index < -0.39 is 0 Å². The Morgan fingerprint density at radius 2 is 2.00 bits per heavy atom. The largest absolute Gasteiger partial charge is 0.387 e. The van der Waals surface area contributed by atoms with Crippen LogP contribution in [0.15, 0.2) is 23.9 Å². The molecule has 0 spiro atoms. The Bertz CT molecular complexity index is 148. The molecule has 0 bridgehead atoms. The second-order valence-corrected chi connectivity index (χ2v) is 2.70. The van der Waals surface area contributed by atoms with E-state index in [2.05, 4.69) is 17.2 Å². The van der Waals surface area contributed by atoms with Gasteiger partial charge >= 0.3 is 0 Å². The van der Waals surface area contributed by atoms with Gasteiger partial charge in [-0.1, -0.05) is 12.2 Å². The maximum absolute atomic E-state index is 3.79. The predicted octanol–water partition coefficient (Wildman–Crippen LogP) is 1.28. The molecule has 0 aliphatic heterocycles. The number of likely N-dealkylation sites (N-methyl/N-ethyl adjacent to an activating group) is 1. The van der Waals surface area contributed by atoms with Crippen molar-refractivity contribution in [3.05, 3.63) is 23.9 Å². The van der Waals surface area contributed by atoms with Gasteiger partial charge in [-0.15, -0.1) is 0 Å². The summed E-state index contributed by atoms with van der Waals surface area (Å²) in [6.07, 6.45) is 2.04. The maximum atomic E-state index is 3.79. The molecular formula is C9H18N2. The maximum Gasteiger partial charge on any atom is 0.0269 e. The summed E-state index contributed by atoms with van der Waals surface area (Å²) in [5.74, 6) is 0. The summed E-state index contributed by atoms with van der Waals surface area (Å²) in [7, 11) is 1.94. The van der Waals surface area contributed by atoms with E-state index in [0.29, 0.717) is 0 Å². The second-order valence-electron chi connectivity index (χ2n) is 2.70. The summed E-state index contributed by atoms with van der Waals surface area (Å²) in [5, 5.41) is 6.32. The van der Waals surface area contributed by atoms with Crippen LogP contribution >= 0.6 is 0 Å². The van der Waals surface area contributed by atoms with Crippen LogP contribution in [0.2, 0.25) is 0 Å². The molecule has 0 saturated carbocycles. The van der Waals surface area contributed by atoms with Crippen LogP contribution in [0.25, 0.3) is 0 Å². The summed E-state index contributed by atoms with van der Waals surface area (Å²) >= 11 is 0. The van der Waals surface area contributed by atoms with Crippen molar-refractivity contribution in [1.82, 2.24) is 10.6 Å². The summed E-state index contributed by atoms with van der Waals surface area (Å²) in [4.78, 5) is 0. The average molecular weight is 154 g/mol. The van der Waals surface area contributed by atoms with Crippen molar-refractivity contribution in [2.45, 2.75) is 13.8 Å². The molecule has 0 aromatic rings. The van der Waals surface area contributed by atoms with E-state index in [1.54, 1.807) is 0 Å². The number of rotatable bonds is 5. The van der Waals surface area contributed by atoms with Gasteiger partial charge in [-0.25, -0.2) is 0 Å². The summed E-state index contributed by atoms with van der Waals surface area (Å²) in [6, 6.07) is 0. The van der Waals surface area contributed by atoms with Gasteiger partial charge in [-0.05, 0) is 27.0 Å². The minimum atomic E-state index is 0.964. The third-order valence-corrected chi connectivity index (χ3v) is 1.24. The highest BCUT2D eigenvalue weighted by Crippen LogP contribution is 1.93. The number of hydrogen-bond donors (Lipinski definition) is 2. The van der Waals surface area contributed by atoms with Crippen molar-refractivity contribution in [3.63, 3.8) is 0 Å². The highest BCUT2D eigenvalue weighted by molar-refractivity contribution is 5.15. The number of nitrogens with one attached hydrogen (secondary N) is 2. The molecule has 0 aliphatic carbocycles. The first-order chi connectivity index (χ1) is 5.16. The van der Waals surface area contributed by atoms with E-state index in [4.69, 9.17) is 0 Å². The molecule has 0 aromatic heterocycles. The second kappa shape index (κ2) is 5.98. The zero-order valence-corrected chi connectivity index (χ0v) is 7.70. The fourth-order valence-electron chi connectivity index (χ4n) is 0.805. The third kappa shape index (κ3) is 7.13. The summed E-state index contributed by atoms with van der Waals surface area (Å²) in [6.45, 7) is 9.78. The highest BCUT2D eigenvalue weighted by atomic mass is 14.9. The molecule has 0 aromatic carbocycles. The Morgan fingerprint density at radius 3 is 2.45 bits per heavy atom. The van der Waals surface area contributed by atoms with Gasteiger partial charge in [0.05, 0.1) is 0 Å². The number of allylic oxidation sites excluding steroid dienone is 3. The van der Waals surface area contributed by atoms with E-state index in [9.17, 15) is 0 Å². The van der Waals surface area contributed by atoms with E-state index in [0.717, 1.165) is 18.7 Å². The molecule has 2 N–H and O–H groups in total. The molecule has 64 valence electrons. The molecule has 0 unspecified atom stereocenters. The Balaban J connectivity index is 3.51. The van der Waals surface area contributed by atoms with E-state index in [1.807, 2.05) is 27.0 Å². The van der Waals surface area contributed by atoms with Crippen molar-refractivity contribution in [3.8, 4) is 0 Å². The van der Waals surface area contributed by atoms with Gasteiger partial charge in [-0.3, -0.25) is 0 Å². The van der Waals surface area contributed by atoms with Crippen LogP contribution in [-0.4, -0.2) is 20.1 Å². The monoisotopic (exact) mass is 154 g/mol. The third-order valence-electron chi connectivity index (χ3n) is 1.24. The molecule has 0 amide bonds. The predicted molar refractivity (Wildman–Crippen MR) is 50.5 cm³/mol. The zero-order chi connectivity index (χ0) is 8.69. The van der Waals surface area contributed by atoms with Crippen molar-refractivity contribution in [1.29, 1.82) is 0 Å². The van der Waals surface area contributed by atoms with Crippen molar-refractivity contribution in [2.24, 2.45) is 0 Å². The molecule has 0 rings (SSSR count). The van der Waals surface area contributed by atoms with E-state index in [-0.39, 0.29) is 0 Å². The minimum absolute atomic E-state index is 0.964. The fraction of sp³-hybridized carbons (Fsp3) is 0.556. The summed E-state index contributed by atoms with van der Waals surface area (Å²) < 4.78 is 0. The topological polar surface area (TPSA) is 24.1 Å². The zero-order valence-electron chi connectivity index (χ0n) is 7.70. The molecule has 0 fully saturated rings. The normalized spacial score (nSPS) is 11.4. The molecule has 0 heterocycles. The van der Waals surface area contributed by atoms with Gasteiger partial charge in [-0.2, -0.15) is 0 Å². The SMILES string of the molecule is C=C(C)/C=C(\C)NCCNC. The van der Waals surface area contributed by atoms with Crippen LogP contribution < -0.4 is 10.6 Å². The van der Waals surface area contributed by atoms with Crippen LogP contribution in [0.1, 0.15) is 13.8 Å². The molecule has 11 heavy (non-hydrogen) atoms. The van der Waals surface area contributed by atoms with Crippen molar-refractivity contribution >= 4 is 0 Å². The van der Waals surface area contributed by atoms with Gasteiger partial charge in [0.1, 0.15) is 0 Å². The standard InChI is InChI=1S/C9H18N2/c1-8(2)7-9(3)11-6-5-10-4/h7,10-11H,1,5-6H2,2-4H3/b9-7+. The van der Waals surface area contributed by atoms with Crippen molar-refractivity contribution < 1.29 is 0 Å². The Hall–Kier alpha value is -0.760. The molecule has 0 aliphatic rings. The first kappa shape index (κ1) is 10.2. The Morgan fingerprint density at radius 1 is 1.36 bits per heavy atom. The first-order valence-electron chi connectivity index (χ1n) is 3.89. The van der Waals surface area contributed by atoms with Gasteiger partial charge in [0.2, 0.25) is 0 Å². The Labute approximate surface area is 69.4 Å². The van der Waals surface area contributed by atoms with Crippen molar-refractivity contribution in [2.75, 3.05) is 20.1 Å². The van der Waals surface area contributed by atoms with Gasteiger partial charge < -0.3 is 10.6 Å². The van der Waals surface area contributed by atoms with Gasteiger partial charge in [0.25, 0.3) is 0 Å². The lowest BCUT2D eigenvalue weighted by molar-refractivity contribution is 0.717. The first-order valence-corrected chi connectivity index (χ1v) is 3.89. The molecule has 0 saturated heterocycles. The quantitative estimate of drug-likeness (QED) is 0.460. The highest BCUT2D eigenvalue weighted by Gasteiger charge is 1.86. The van der Waals surface area contributed by atoms with Crippen LogP contribution in [-0.2, 0) is 0 Å². The molecule has 2 heteroatoms. The van der Waals surface area contributed by atoms with Crippen LogP contribution in [0.3, 0.4) is 0 Å². The van der Waals surface area contributed by atoms with Gasteiger partial charge in [0.15, 0.2) is 0 Å². The molecular weight excluding hydrogens is 136 g/mol. The van der Waals surface area contributed by atoms with Gasteiger partial charge in [0, 0.05) is 18.8 Å². The summed E-state index contributed by atoms with van der Waals surface area (Å²) in [5.41, 5.74) is 2.26. The average Bonchev–Trinajstić information content (AvgIpc) is 1.86. The smallest absolute Gasteiger partial charge is 0.0269 e. The molecule has 2 nitrogen and oxygen atoms in total. The van der Waals surface area contributed by atoms with E-state index >= 15 is 0 Å². The molecule has 0 atom stereocenters. The minimum Gasteiger partial charge on any atom is -0.387 e. The molecule has 0 radical (unpaired) electrons.